The molecule has 6 heteroatoms. The van der Waals surface area contributed by atoms with Gasteiger partial charge in [0.15, 0.2) is 5.82 Å². The SMILES string of the molecule is C[C@@H]1COCCN1c1nc(-c2cccc3[nH]ccc23)nc2ccc(-c3cccn3C)cc12. The normalized spacial score (nSPS) is 16.8. The number of aromatic nitrogens is 4. The smallest absolute Gasteiger partial charge is 0.162 e. The Kier molecular flexibility index (Phi) is 4.47. The lowest BCUT2D eigenvalue weighted by atomic mass is 10.1. The Morgan fingerprint density at radius 2 is 1.97 bits per heavy atom. The predicted octanol–water partition coefficient (Wildman–Crippen LogP) is 5.01. The minimum Gasteiger partial charge on any atom is -0.377 e. The lowest BCUT2D eigenvalue weighted by Crippen LogP contribution is -2.44. The topological polar surface area (TPSA) is 59.0 Å². The van der Waals surface area contributed by atoms with E-state index in [0.717, 1.165) is 51.1 Å². The molecule has 0 bridgehead atoms. The van der Waals surface area contributed by atoms with Gasteiger partial charge in [0.25, 0.3) is 0 Å². The van der Waals surface area contributed by atoms with E-state index in [1.807, 2.05) is 6.20 Å². The second kappa shape index (κ2) is 7.50. The minimum atomic E-state index is 0.247. The van der Waals surface area contributed by atoms with Gasteiger partial charge in [-0.05, 0) is 48.9 Å². The maximum atomic E-state index is 5.71. The Morgan fingerprint density at radius 3 is 2.81 bits per heavy atom. The van der Waals surface area contributed by atoms with E-state index in [1.165, 1.54) is 5.69 Å². The number of rotatable bonds is 3. The first kappa shape index (κ1) is 19.1. The van der Waals surface area contributed by atoms with Crippen molar-refractivity contribution in [2.45, 2.75) is 13.0 Å². The number of ether oxygens (including phenoxy) is 1. The van der Waals surface area contributed by atoms with Crippen molar-refractivity contribution >= 4 is 27.6 Å². The average Bonchev–Trinajstić information content (AvgIpc) is 3.47. The van der Waals surface area contributed by atoms with Gasteiger partial charge in [-0.3, -0.25) is 0 Å². The van der Waals surface area contributed by atoms with Crippen LogP contribution in [0.15, 0.2) is 67.0 Å². The molecule has 2 aromatic carbocycles. The van der Waals surface area contributed by atoms with Crippen LogP contribution in [0.1, 0.15) is 6.92 Å². The summed E-state index contributed by atoms with van der Waals surface area (Å²) in [5, 5.41) is 2.20. The number of benzene rings is 2. The molecule has 4 heterocycles. The first-order valence-electron chi connectivity index (χ1n) is 11.0. The van der Waals surface area contributed by atoms with E-state index in [2.05, 4.69) is 89.2 Å². The first-order chi connectivity index (χ1) is 15.7. The molecule has 0 spiro atoms. The summed E-state index contributed by atoms with van der Waals surface area (Å²) in [4.78, 5) is 15.8. The molecule has 1 aliphatic rings. The fourth-order valence-electron chi connectivity index (χ4n) is 4.69. The van der Waals surface area contributed by atoms with Crippen LogP contribution in [0.4, 0.5) is 5.82 Å². The fraction of sp³-hybridized carbons (Fsp3) is 0.231. The van der Waals surface area contributed by atoms with Gasteiger partial charge in [0, 0.05) is 53.5 Å². The lowest BCUT2D eigenvalue weighted by molar-refractivity contribution is 0.0987. The molecule has 0 amide bonds. The Bertz CT molecular complexity index is 1430. The lowest BCUT2D eigenvalue weighted by Gasteiger charge is -2.35. The molecule has 1 aliphatic heterocycles. The van der Waals surface area contributed by atoms with Crippen molar-refractivity contribution in [2.24, 2.45) is 7.05 Å². The molecule has 0 aliphatic carbocycles. The number of nitrogens with one attached hydrogen (secondary N) is 1. The number of hydrogen-bond donors (Lipinski definition) is 1. The zero-order valence-electron chi connectivity index (χ0n) is 18.2. The molecule has 160 valence electrons. The highest BCUT2D eigenvalue weighted by molar-refractivity contribution is 5.98. The number of anilines is 1. The fourth-order valence-corrected chi connectivity index (χ4v) is 4.69. The molecule has 1 fully saturated rings. The summed E-state index contributed by atoms with van der Waals surface area (Å²) in [5.74, 6) is 1.73. The summed E-state index contributed by atoms with van der Waals surface area (Å²) in [6.45, 7) is 4.41. The third-order valence-corrected chi connectivity index (χ3v) is 6.39. The molecule has 1 atom stereocenters. The molecule has 5 aromatic rings. The molecule has 6 rings (SSSR count). The van der Waals surface area contributed by atoms with Gasteiger partial charge in [0.2, 0.25) is 0 Å². The number of hydrogen-bond acceptors (Lipinski definition) is 4. The predicted molar refractivity (Wildman–Crippen MR) is 129 cm³/mol. The van der Waals surface area contributed by atoms with Gasteiger partial charge >= 0.3 is 0 Å². The summed E-state index contributed by atoms with van der Waals surface area (Å²) in [6, 6.07) is 19.3. The second-order valence-corrected chi connectivity index (χ2v) is 8.47. The number of aryl methyl sites for hydroxylation is 1. The maximum Gasteiger partial charge on any atom is 0.162 e. The molecule has 32 heavy (non-hydrogen) atoms. The van der Waals surface area contributed by atoms with Gasteiger partial charge in [-0.15, -0.1) is 0 Å². The Hall–Kier alpha value is -3.64. The number of aromatic amines is 1. The Labute approximate surface area is 186 Å². The summed E-state index contributed by atoms with van der Waals surface area (Å²) < 4.78 is 7.85. The van der Waals surface area contributed by atoms with E-state index in [0.29, 0.717) is 13.2 Å². The van der Waals surface area contributed by atoms with E-state index in [1.54, 1.807) is 0 Å². The zero-order chi connectivity index (χ0) is 21.7. The number of nitrogens with zero attached hydrogens (tertiary/aromatic N) is 4. The second-order valence-electron chi connectivity index (χ2n) is 8.47. The molecule has 0 unspecified atom stereocenters. The van der Waals surface area contributed by atoms with Gasteiger partial charge in [-0.25, -0.2) is 9.97 Å². The van der Waals surface area contributed by atoms with Gasteiger partial charge in [0.1, 0.15) is 5.82 Å². The van der Waals surface area contributed by atoms with Crippen LogP contribution >= 0.6 is 0 Å². The number of morpholine rings is 1. The van der Waals surface area contributed by atoms with Gasteiger partial charge < -0.3 is 19.2 Å². The van der Waals surface area contributed by atoms with Gasteiger partial charge in [-0.1, -0.05) is 18.2 Å². The van der Waals surface area contributed by atoms with Crippen molar-refractivity contribution in [3.05, 3.63) is 67.0 Å². The van der Waals surface area contributed by atoms with Crippen LogP contribution in [0.5, 0.6) is 0 Å². The average molecular weight is 424 g/mol. The van der Waals surface area contributed by atoms with Crippen molar-refractivity contribution in [3.8, 4) is 22.6 Å². The van der Waals surface area contributed by atoms with Gasteiger partial charge in [0.05, 0.1) is 24.8 Å². The standard InChI is InChI=1S/C26H25N5O/c1-17-16-32-14-13-31(17)26-21-15-18(24-7-4-12-30(24)2)8-9-23(21)28-25(29-26)20-5-3-6-22-19(20)10-11-27-22/h3-12,15,17,27H,13-14,16H2,1-2H3/t17-/m1/s1. The molecule has 6 nitrogen and oxygen atoms in total. The number of H-pyrrole nitrogens is 1. The third-order valence-electron chi connectivity index (χ3n) is 6.39. The summed E-state index contributed by atoms with van der Waals surface area (Å²) >= 11 is 0. The third kappa shape index (κ3) is 3.07. The van der Waals surface area contributed by atoms with Crippen molar-refractivity contribution in [1.29, 1.82) is 0 Å². The van der Waals surface area contributed by atoms with Crippen molar-refractivity contribution in [3.63, 3.8) is 0 Å². The molecule has 1 N–H and O–H groups in total. The van der Waals surface area contributed by atoms with Crippen LogP contribution in [0.2, 0.25) is 0 Å². The van der Waals surface area contributed by atoms with Crippen LogP contribution in [0.25, 0.3) is 44.5 Å². The van der Waals surface area contributed by atoms with Crippen molar-refractivity contribution in [2.75, 3.05) is 24.7 Å². The van der Waals surface area contributed by atoms with Crippen LogP contribution in [-0.4, -0.2) is 45.3 Å². The summed E-state index contributed by atoms with van der Waals surface area (Å²) in [7, 11) is 2.07. The Morgan fingerprint density at radius 1 is 1.03 bits per heavy atom. The first-order valence-corrected chi connectivity index (χ1v) is 11.0. The zero-order valence-corrected chi connectivity index (χ0v) is 18.2. The summed E-state index contributed by atoms with van der Waals surface area (Å²) in [6.07, 6.45) is 4.04. The van der Waals surface area contributed by atoms with E-state index in [-0.39, 0.29) is 6.04 Å². The minimum absolute atomic E-state index is 0.247. The van der Waals surface area contributed by atoms with E-state index in [9.17, 15) is 0 Å². The summed E-state index contributed by atoms with van der Waals surface area (Å²) in [5.41, 5.74) is 5.42. The highest BCUT2D eigenvalue weighted by Crippen LogP contribution is 2.34. The van der Waals surface area contributed by atoms with Crippen LogP contribution < -0.4 is 4.90 Å². The van der Waals surface area contributed by atoms with Crippen molar-refractivity contribution < 1.29 is 4.74 Å². The van der Waals surface area contributed by atoms with Crippen LogP contribution in [-0.2, 0) is 11.8 Å². The van der Waals surface area contributed by atoms with Crippen LogP contribution in [0, 0.1) is 0 Å². The molecule has 1 saturated heterocycles. The quantitative estimate of drug-likeness (QED) is 0.443. The van der Waals surface area contributed by atoms with Crippen molar-refractivity contribution in [1.82, 2.24) is 19.5 Å². The highest BCUT2D eigenvalue weighted by Gasteiger charge is 2.24. The monoisotopic (exact) mass is 423 g/mol. The maximum absolute atomic E-state index is 5.71. The molecule has 0 saturated carbocycles. The van der Waals surface area contributed by atoms with Gasteiger partial charge in [-0.2, -0.15) is 0 Å². The van der Waals surface area contributed by atoms with Crippen LogP contribution in [0.3, 0.4) is 0 Å². The largest absolute Gasteiger partial charge is 0.377 e. The number of fused-ring (bicyclic) bond motifs is 2. The molecule has 3 aromatic heterocycles. The van der Waals surface area contributed by atoms with E-state index >= 15 is 0 Å². The molecular weight excluding hydrogens is 398 g/mol. The molecule has 0 radical (unpaired) electrons. The highest BCUT2D eigenvalue weighted by atomic mass is 16.5. The Balaban J connectivity index is 1.60. The van der Waals surface area contributed by atoms with E-state index in [4.69, 9.17) is 14.7 Å². The molecular formula is C26H25N5O. The van der Waals surface area contributed by atoms with E-state index < -0.39 is 0 Å².